The predicted molar refractivity (Wildman–Crippen MR) is 87.9 cm³/mol. The van der Waals surface area contributed by atoms with Gasteiger partial charge in [-0.05, 0) is 38.0 Å². The summed E-state index contributed by atoms with van der Waals surface area (Å²) in [5, 5.41) is 3.28. The van der Waals surface area contributed by atoms with Crippen molar-refractivity contribution in [3.05, 3.63) is 23.2 Å². The first-order valence-electron chi connectivity index (χ1n) is 7.56. The Hall–Kier alpha value is -1.79. The third-order valence-corrected chi connectivity index (χ3v) is 3.72. The summed E-state index contributed by atoms with van der Waals surface area (Å²) in [6, 6.07) is 5.28. The maximum Gasteiger partial charge on any atom is 0.320 e. The Bertz CT molecular complexity index is 575. The highest BCUT2D eigenvalue weighted by Gasteiger charge is 2.32. The number of amides is 1. The molecule has 126 valence electrons. The highest BCUT2D eigenvalue weighted by atomic mass is 35.5. The third kappa shape index (κ3) is 5.41. The van der Waals surface area contributed by atoms with Crippen LogP contribution in [-0.2, 0) is 14.3 Å². The van der Waals surface area contributed by atoms with Crippen molar-refractivity contribution in [1.82, 2.24) is 4.90 Å². The lowest BCUT2D eigenvalue weighted by molar-refractivity contribution is -0.144. The van der Waals surface area contributed by atoms with Crippen LogP contribution in [0.2, 0.25) is 5.02 Å². The minimum atomic E-state index is -0.312. The first kappa shape index (κ1) is 17.6. The van der Waals surface area contributed by atoms with Crippen molar-refractivity contribution < 1.29 is 19.1 Å². The van der Waals surface area contributed by atoms with Gasteiger partial charge in [0.2, 0.25) is 5.91 Å². The van der Waals surface area contributed by atoms with Gasteiger partial charge in [0.05, 0.1) is 32.5 Å². The second-order valence-corrected chi connectivity index (χ2v) is 5.77. The number of methoxy groups -OCH3 is 1. The number of carbonyl (C=O) groups is 2. The number of carbonyl (C=O) groups excluding carboxylic acids is 2. The number of ether oxygens (including phenoxy) is 2. The molecule has 2 rings (SSSR count). The van der Waals surface area contributed by atoms with Gasteiger partial charge in [0.1, 0.15) is 5.75 Å². The Labute approximate surface area is 140 Å². The molecule has 0 aliphatic heterocycles. The number of halogens is 1. The molecular formula is C16H21ClN2O4. The van der Waals surface area contributed by atoms with Gasteiger partial charge in [-0.25, -0.2) is 0 Å². The van der Waals surface area contributed by atoms with Crippen molar-refractivity contribution in [1.29, 1.82) is 0 Å². The van der Waals surface area contributed by atoms with Crippen LogP contribution in [0.25, 0.3) is 0 Å². The smallest absolute Gasteiger partial charge is 0.320 e. The lowest BCUT2D eigenvalue weighted by Gasteiger charge is -2.20. The van der Waals surface area contributed by atoms with Gasteiger partial charge in [0.15, 0.2) is 0 Å². The van der Waals surface area contributed by atoms with E-state index in [0.29, 0.717) is 23.1 Å². The zero-order valence-corrected chi connectivity index (χ0v) is 14.1. The molecule has 23 heavy (non-hydrogen) atoms. The van der Waals surface area contributed by atoms with Gasteiger partial charge in [-0.15, -0.1) is 0 Å². The monoisotopic (exact) mass is 340 g/mol. The van der Waals surface area contributed by atoms with Crippen LogP contribution in [0.1, 0.15) is 19.8 Å². The van der Waals surface area contributed by atoms with E-state index in [1.54, 1.807) is 25.1 Å². The number of benzene rings is 1. The normalized spacial score (nSPS) is 13.7. The van der Waals surface area contributed by atoms with Crippen molar-refractivity contribution in [2.45, 2.75) is 25.8 Å². The average Bonchev–Trinajstić information content (AvgIpc) is 3.31. The minimum absolute atomic E-state index is 0.124. The van der Waals surface area contributed by atoms with Crippen LogP contribution in [-0.4, -0.2) is 49.6 Å². The maximum absolute atomic E-state index is 12.3. The highest BCUT2D eigenvalue weighted by Crippen LogP contribution is 2.29. The van der Waals surface area contributed by atoms with E-state index in [1.165, 1.54) is 7.11 Å². The van der Waals surface area contributed by atoms with Crippen LogP contribution < -0.4 is 10.1 Å². The number of esters is 1. The van der Waals surface area contributed by atoms with Gasteiger partial charge in [0.25, 0.3) is 0 Å². The quantitative estimate of drug-likeness (QED) is 0.735. The molecule has 0 spiro atoms. The van der Waals surface area contributed by atoms with Crippen molar-refractivity contribution >= 4 is 29.2 Å². The molecule has 1 aliphatic carbocycles. The molecule has 7 heteroatoms. The topological polar surface area (TPSA) is 67.9 Å². The molecule has 1 amide bonds. The Balaban J connectivity index is 1.96. The fourth-order valence-electron chi connectivity index (χ4n) is 2.28. The predicted octanol–water partition coefficient (Wildman–Crippen LogP) is 2.31. The van der Waals surface area contributed by atoms with Crippen LogP contribution in [0.4, 0.5) is 5.69 Å². The Morgan fingerprint density at radius 1 is 1.35 bits per heavy atom. The summed E-state index contributed by atoms with van der Waals surface area (Å²) in [6.45, 7) is 2.35. The average molecular weight is 341 g/mol. The summed E-state index contributed by atoms with van der Waals surface area (Å²) in [6.07, 6.45) is 1.99. The van der Waals surface area contributed by atoms with Gasteiger partial charge >= 0.3 is 5.97 Å². The van der Waals surface area contributed by atoms with Crippen molar-refractivity contribution in [3.63, 3.8) is 0 Å². The number of hydrogen-bond acceptors (Lipinski definition) is 5. The number of nitrogens with one attached hydrogen (secondary N) is 1. The van der Waals surface area contributed by atoms with Crippen LogP contribution in [0.5, 0.6) is 5.75 Å². The second kappa shape index (κ2) is 8.17. The number of nitrogens with zero attached hydrogens (tertiary/aromatic N) is 1. The Morgan fingerprint density at radius 3 is 2.70 bits per heavy atom. The Morgan fingerprint density at radius 2 is 2.09 bits per heavy atom. The first-order valence-corrected chi connectivity index (χ1v) is 7.94. The van der Waals surface area contributed by atoms with Crippen molar-refractivity contribution in [2.75, 3.05) is 32.1 Å². The minimum Gasteiger partial charge on any atom is -0.495 e. The van der Waals surface area contributed by atoms with Crippen molar-refractivity contribution in [2.24, 2.45) is 0 Å². The Kier molecular flexibility index (Phi) is 6.24. The van der Waals surface area contributed by atoms with E-state index in [9.17, 15) is 9.59 Å². The molecule has 1 N–H and O–H groups in total. The summed E-state index contributed by atoms with van der Waals surface area (Å²) < 4.78 is 10.2. The summed E-state index contributed by atoms with van der Waals surface area (Å²) in [5.74, 6) is 0.000385. The fraction of sp³-hybridized carbons (Fsp3) is 0.500. The van der Waals surface area contributed by atoms with Gasteiger partial charge in [-0.2, -0.15) is 0 Å². The molecule has 0 bridgehead atoms. The van der Waals surface area contributed by atoms with E-state index in [2.05, 4.69) is 5.32 Å². The molecule has 0 aromatic heterocycles. The third-order valence-electron chi connectivity index (χ3n) is 3.48. The lowest BCUT2D eigenvalue weighted by Crippen LogP contribution is -2.39. The molecule has 1 aliphatic rings. The van der Waals surface area contributed by atoms with Crippen molar-refractivity contribution in [3.8, 4) is 5.75 Å². The summed E-state index contributed by atoms with van der Waals surface area (Å²) >= 11 is 5.95. The first-order chi connectivity index (χ1) is 11.0. The molecule has 1 saturated carbocycles. The zero-order valence-electron chi connectivity index (χ0n) is 13.3. The van der Waals surface area contributed by atoms with E-state index in [-0.39, 0.29) is 31.0 Å². The van der Waals surface area contributed by atoms with Gasteiger partial charge in [0, 0.05) is 11.1 Å². The largest absolute Gasteiger partial charge is 0.495 e. The zero-order chi connectivity index (χ0) is 16.8. The van der Waals surface area contributed by atoms with E-state index in [4.69, 9.17) is 21.1 Å². The fourth-order valence-corrected chi connectivity index (χ4v) is 2.45. The highest BCUT2D eigenvalue weighted by molar-refractivity contribution is 6.31. The number of anilines is 1. The molecule has 1 aromatic rings. The van der Waals surface area contributed by atoms with Crippen LogP contribution in [0.15, 0.2) is 18.2 Å². The van der Waals surface area contributed by atoms with Crippen LogP contribution in [0.3, 0.4) is 0 Å². The summed E-state index contributed by atoms with van der Waals surface area (Å²) in [5.41, 5.74) is 0.511. The number of hydrogen-bond donors (Lipinski definition) is 1. The van der Waals surface area contributed by atoms with Gasteiger partial charge < -0.3 is 14.8 Å². The van der Waals surface area contributed by atoms with E-state index >= 15 is 0 Å². The molecule has 0 unspecified atom stereocenters. The van der Waals surface area contributed by atoms with Crippen LogP contribution >= 0.6 is 11.6 Å². The maximum atomic E-state index is 12.3. The second-order valence-electron chi connectivity index (χ2n) is 5.33. The van der Waals surface area contributed by atoms with Gasteiger partial charge in [-0.3, -0.25) is 14.5 Å². The molecule has 0 saturated heterocycles. The molecule has 6 nitrogen and oxygen atoms in total. The number of rotatable bonds is 8. The molecular weight excluding hydrogens is 320 g/mol. The molecule has 0 radical (unpaired) electrons. The van der Waals surface area contributed by atoms with Gasteiger partial charge in [-0.1, -0.05) is 11.6 Å². The molecule has 0 atom stereocenters. The molecule has 0 heterocycles. The van der Waals surface area contributed by atoms with E-state index < -0.39 is 0 Å². The molecule has 1 fully saturated rings. The van der Waals surface area contributed by atoms with Crippen LogP contribution in [0, 0.1) is 0 Å². The lowest BCUT2D eigenvalue weighted by atomic mass is 10.3. The van der Waals surface area contributed by atoms with E-state index in [0.717, 1.165) is 12.8 Å². The molecule has 1 aromatic carbocycles. The SMILES string of the molecule is CCOC(=O)CN(CC(=O)Nc1cc(Cl)ccc1OC)C1CC1. The summed E-state index contributed by atoms with van der Waals surface area (Å²) in [4.78, 5) is 25.7. The summed E-state index contributed by atoms with van der Waals surface area (Å²) in [7, 11) is 1.52. The van der Waals surface area contributed by atoms with E-state index in [1.807, 2.05) is 4.90 Å². The standard InChI is InChI=1S/C16H21ClN2O4/c1-3-23-16(21)10-19(12-5-6-12)9-15(20)18-13-8-11(17)4-7-14(13)22-2/h4,7-8,12H,3,5-6,9-10H2,1-2H3,(H,18,20).